The van der Waals surface area contributed by atoms with E-state index in [1.807, 2.05) is 11.8 Å². The Morgan fingerprint density at radius 2 is 2.33 bits per heavy atom. The number of hydrogen-bond donors (Lipinski definition) is 0. The number of ether oxygens (including phenoxy) is 1. The van der Waals surface area contributed by atoms with Gasteiger partial charge in [0.1, 0.15) is 6.10 Å². The van der Waals surface area contributed by atoms with Gasteiger partial charge in [-0.2, -0.15) is 0 Å². The zero-order valence-corrected chi connectivity index (χ0v) is 9.49. The fourth-order valence-corrected chi connectivity index (χ4v) is 1.82. The van der Waals surface area contributed by atoms with Crippen molar-refractivity contribution in [1.82, 2.24) is 4.90 Å². The lowest BCUT2D eigenvalue weighted by Gasteiger charge is -2.20. The van der Waals surface area contributed by atoms with E-state index in [1.165, 1.54) is 6.92 Å². The second kappa shape index (κ2) is 5.73. The summed E-state index contributed by atoms with van der Waals surface area (Å²) in [6, 6.07) is 0. The lowest BCUT2D eigenvalue weighted by atomic mass is 10.2. The standard InChI is InChI=1S/C11H19NO3/c1-3-10(15-9(2)13)6-8-12-7-4-5-11(12)14/h10H,3-8H2,1-2H3. The molecule has 0 aliphatic carbocycles. The number of esters is 1. The van der Waals surface area contributed by atoms with Gasteiger partial charge in [0.05, 0.1) is 0 Å². The Balaban J connectivity index is 2.27. The number of rotatable bonds is 5. The van der Waals surface area contributed by atoms with Gasteiger partial charge >= 0.3 is 5.97 Å². The van der Waals surface area contributed by atoms with Crippen LogP contribution in [0, 0.1) is 0 Å². The van der Waals surface area contributed by atoms with Crippen molar-refractivity contribution in [2.45, 2.75) is 45.6 Å². The number of hydrogen-bond acceptors (Lipinski definition) is 3. The van der Waals surface area contributed by atoms with Crippen LogP contribution in [0.3, 0.4) is 0 Å². The molecule has 1 unspecified atom stereocenters. The average Bonchev–Trinajstić information content (AvgIpc) is 2.58. The van der Waals surface area contributed by atoms with Crippen molar-refractivity contribution < 1.29 is 14.3 Å². The number of nitrogens with zero attached hydrogens (tertiary/aromatic N) is 1. The molecule has 1 heterocycles. The van der Waals surface area contributed by atoms with E-state index in [9.17, 15) is 9.59 Å². The van der Waals surface area contributed by atoms with E-state index in [0.29, 0.717) is 13.0 Å². The van der Waals surface area contributed by atoms with Gasteiger partial charge in [-0.05, 0) is 12.8 Å². The van der Waals surface area contributed by atoms with Crippen LogP contribution in [0.4, 0.5) is 0 Å². The molecule has 0 aromatic carbocycles. The summed E-state index contributed by atoms with van der Waals surface area (Å²) >= 11 is 0. The Morgan fingerprint density at radius 1 is 1.60 bits per heavy atom. The second-order valence-electron chi connectivity index (χ2n) is 3.91. The molecule has 1 aliphatic rings. The summed E-state index contributed by atoms with van der Waals surface area (Å²) in [6.07, 6.45) is 3.15. The summed E-state index contributed by atoms with van der Waals surface area (Å²) in [6.45, 7) is 4.98. The minimum absolute atomic E-state index is 0.0455. The highest BCUT2D eigenvalue weighted by atomic mass is 16.5. The van der Waals surface area contributed by atoms with Gasteiger partial charge in [0.2, 0.25) is 5.91 Å². The van der Waals surface area contributed by atoms with E-state index in [4.69, 9.17) is 4.74 Å². The van der Waals surface area contributed by atoms with Gasteiger partial charge in [0.15, 0.2) is 0 Å². The Bertz CT molecular complexity index is 240. The third-order valence-electron chi connectivity index (χ3n) is 2.68. The van der Waals surface area contributed by atoms with Crippen LogP contribution in [0.25, 0.3) is 0 Å². The molecule has 0 aromatic rings. The van der Waals surface area contributed by atoms with E-state index >= 15 is 0 Å². The zero-order chi connectivity index (χ0) is 11.3. The first-order valence-corrected chi connectivity index (χ1v) is 5.58. The second-order valence-corrected chi connectivity index (χ2v) is 3.91. The van der Waals surface area contributed by atoms with Crippen LogP contribution in [-0.2, 0) is 14.3 Å². The predicted octanol–water partition coefficient (Wildman–Crippen LogP) is 1.34. The molecule has 1 saturated heterocycles. The topological polar surface area (TPSA) is 46.6 Å². The molecule has 1 aliphatic heterocycles. The van der Waals surface area contributed by atoms with Crippen molar-refractivity contribution >= 4 is 11.9 Å². The van der Waals surface area contributed by atoms with Crippen LogP contribution < -0.4 is 0 Å². The smallest absolute Gasteiger partial charge is 0.302 e. The molecule has 0 saturated carbocycles. The molecule has 15 heavy (non-hydrogen) atoms. The van der Waals surface area contributed by atoms with Crippen molar-refractivity contribution in [2.24, 2.45) is 0 Å². The quantitative estimate of drug-likeness (QED) is 0.647. The van der Waals surface area contributed by atoms with Gasteiger partial charge in [-0.1, -0.05) is 6.92 Å². The van der Waals surface area contributed by atoms with Crippen molar-refractivity contribution in [3.63, 3.8) is 0 Å². The molecular weight excluding hydrogens is 194 g/mol. The number of carbonyl (C=O) groups excluding carboxylic acids is 2. The molecule has 86 valence electrons. The maximum absolute atomic E-state index is 11.3. The molecule has 1 rings (SSSR count). The molecule has 4 nitrogen and oxygen atoms in total. The fourth-order valence-electron chi connectivity index (χ4n) is 1.82. The number of likely N-dealkylation sites (tertiary alicyclic amines) is 1. The van der Waals surface area contributed by atoms with E-state index in [-0.39, 0.29) is 18.0 Å². The SMILES string of the molecule is CCC(CCN1CCCC1=O)OC(C)=O. The Kier molecular flexibility index (Phi) is 4.59. The normalized spacial score (nSPS) is 18.0. The van der Waals surface area contributed by atoms with Gasteiger partial charge in [-0.3, -0.25) is 9.59 Å². The van der Waals surface area contributed by atoms with Gasteiger partial charge < -0.3 is 9.64 Å². The largest absolute Gasteiger partial charge is 0.463 e. The molecule has 0 bridgehead atoms. The third kappa shape index (κ3) is 3.90. The summed E-state index contributed by atoms with van der Waals surface area (Å²) in [5, 5.41) is 0. The molecule has 0 aromatic heterocycles. The Hall–Kier alpha value is -1.06. The molecule has 4 heteroatoms. The summed E-state index contributed by atoms with van der Waals surface area (Å²) < 4.78 is 5.12. The van der Waals surface area contributed by atoms with E-state index in [0.717, 1.165) is 25.8 Å². The maximum atomic E-state index is 11.3. The zero-order valence-electron chi connectivity index (χ0n) is 9.49. The first kappa shape index (κ1) is 12.0. The molecule has 1 fully saturated rings. The summed E-state index contributed by atoms with van der Waals surface area (Å²) in [5.41, 5.74) is 0. The van der Waals surface area contributed by atoms with Crippen LogP contribution in [0.2, 0.25) is 0 Å². The monoisotopic (exact) mass is 213 g/mol. The lowest BCUT2D eigenvalue weighted by molar-refractivity contribution is -0.147. The van der Waals surface area contributed by atoms with Gasteiger partial charge in [0.25, 0.3) is 0 Å². The molecule has 0 radical (unpaired) electrons. The summed E-state index contributed by atoms with van der Waals surface area (Å²) in [7, 11) is 0. The highest BCUT2D eigenvalue weighted by Gasteiger charge is 2.21. The van der Waals surface area contributed by atoms with Gasteiger partial charge in [0, 0.05) is 32.9 Å². The fraction of sp³-hybridized carbons (Fsp3) is 0.818. The van der Waals surface area contributed by atoms with Crippen LogP contribution in [0.15, 0.2) is 0 Å². The Labute approximate surface area is 90.6 Å². The van der Waals surface area contributed by atoms with Gasteiger partial charge in [-0.25, -0.2) is 0 Å². The van der Waals surface area contributed by atoms with Crippen molar-refractivity contribution in [2.75, 3.05) is 13.1 Å². The first-order chi connectivity index (χ1) is 7.13. The van der Waals surface area contributed by atoms with Crippen LogP contribution >= 0.6 is 0 Å². The minimum atomic E-state index is -0.241. The first-order valence-electron chi connectivity index (χ1n) is 5.58. The number of amides is 1. The van der Waals surface area contributed by atoms with Crippen LogP contribution in [0.1, 0.15) is 39.5 Å². The molecule has 1 atom stereocenters. The van der Waals surface area contributed by atoms with Gasteiger partial charge in [-0.15, -0.1) is 0 Å². The highest BCUT2D eigenvalue weighted by Crippen LogP contribution is 2.12. The van der Waals surface area contributed by atoms with Crippen LogP contribution in [-0.4, -0.2) is 36.0 Å². The van der Waals surface area contributed by atoms with E-state index in [1.54, 1.807) is 0 Å². The third-order valence-corrected chi connectivity index (χ3v) is 2.68. The molecular formula is C11H19NO3. The highest BCUT2D eigenvalue weighted by molar-refractivity contribution is 5.78. The summed E-state index contributed by atoms with van der Waals surface area (Å²) in [5.74, 6) is -0.0118. The maximum Gasteiger partial charge on any atom is 0.302 e. The lowest BCUT2D eigenvalue weighted by Crippen LogP contribution is -2.29. The molecule has 0 spiro atoms. The predicted molar refractivity (Wildman–Crippen MR) is 56.3 cm³/mol. The van der Waals surface area contributed by atoms with Crippen LogP contribution in [0.5, 0.6) is 0 Å². The molecule has 0 N–H and O–H groups in total. The van der Waals surface area contributed by atoms with E-state index in [2.05, 4.69) is 0 Å². The summed E-state index contributed by atoms with van der Waals surface area (Å²) in [4.78, 5) is 23.9. The Morgan fingerprint density at radius 3 is 2.80 bits per heavy atom. The van der Waals surface area contributed by atoms with E-state index < -0.39 is 0 Å². The van der Waals surface area contributed by atoms with Crippen molar-refractivity contribution in [3.8, 4) is 0 Å². The average molecular weight is 213 g/mol. The molecule has 1 amide bonds. The van der Waals surface area contributed by atoms with Crippen molar-refractivity contribution in [1.29, 1.82) is 0 Å². The van der Waals surface area contributed by atoms with Crippen molar-refractivity contribution in [3.05, 3.63) is 0 Å². The number of carbonyl (C=O) groups is 2. The minimum Gasteiger partial charge on any atom is -0.463 e.